The van der Waals surface area contributed by atoms with Gasteiger partial charge in [0.1, 0.15) is 5.75 Å². The highest BCUT2D eigenvalue weighted by molar-refractivity contribution is 5.82. The van der Waals surface area contributed by atoms with Gasteiger partial charge in [-0.05, 0) is 68.2 Å². The molecule has 6 nitrogen and oxygen atoms in total. The molecule has 2 atom stereocenters. The Morgan fingerprint density at radius 3 is 2.45 bits per heavy atom. The second kappa shape index (κ2) is 8.25. The first-order valence-electron chi connectivity index (χ1n) is 10.9. The molecule has 2 fully saturated rings. The van der Waals surface area contributed by atoms with E-state index in [4.69, 9.17) is 10.5 Å². The van der Waals surface area contributed by atoms with Crippen molar-refractivity contribution in [1.82, 2.24) is 0 Å². The van der Waals surface area contributed by atoms with Crippen LogP contribution in [0.25, 0.3) is 0 Å². The molecule has 1 aliphatic carbocycles. The largest absolute Gasteiger partial charge is 0.478 e. The number of carbonyl (C=O) groups is 2. The molecule has 0 unspecified atom stereocenters. The van der Waals surface area contributed by atoms with Crippen molar-refractivity contribution in [3.8, 4) is 5.75 Å². The number of aliphatic carboxylic acids is 1. The van der Waals surface area contributed by atoms with Crippen molar-refractivity contribution in [2.45, 2.75) is 50.5 Å². The Morgan fingerprint density at radius 2 is 1.84 bits per heavy atom. The first kappa shape index (κ1) is 21.2. The molecular formula is C25H30N2O4. The van der Waals surface area contributed by atoms with Crippen LogP contribution in [0.2, 0.25) is 0 Å². The molecule has 164 valence electrons. The van der Waals surface area contributed by atoms with E-state index < -0.39 is 11.6 Å². The molecule has 0 aromatic heterocycles. The molecule has 1 saturated heterocycles. The number of carbonyl (C=O) groups excluding carboxylic acids is 1. The maximum Gasteiger partial charge on any atom is 0.347 e. The van der Waals surface area contributed by atoms with E-state index in [1.165, 1.54) is 32.3 Å². The normalized spacial score (nSPS) is 19.8. The summed E-state index contributed by atoms with van der Waals surface area (Å²) in [6.45, 7) is 4.57. The van der Waals surface area contributed by atoms with Crippen LogP contribution < -0.4 is 15.4 Å². The first-order valence-corrected chi connectivity index (χ1v) is 10.9. The zero-order chi connectivity index (χ0) is 22.2. The summed E-state index contributed by atoms with van der Waals surface area (Å²) in [5, 5.41) is 9.31. The fourth-order valence-electron chi connectivity index (χ4n) is 4.44. The summed E-state index contributed by atoms with van der Waals surface area (Å²) in [6, 6.07) is 15.9. The maximum atomic E-state index is 12.4. The number of nitrogens with two attached hydrogens (primary N) is 1. The fraction of sp³-hybridized carbons (Fsp3) is 0.440. The Hall–Kier alpha value is -3.02. The SMILES string of the molecule is CC(C)(Oc1cccc(N2CC[C@H]([C@@H](C(N)=O)c3ccc(C4CC4)cc3)C2)c1)C(=O)O. The highest BCUT2D eigenvalue weighted by Gasteiger charge is 2.35. The van der Waals surface area contributed by atoms with E-state index >= 15 is 0 Å². The molecule has 0 spiro atoms. The van der Waals surface area contributed by atoms with Gasteiger partial charge in [-0.15, -0.1) is 0 Å². The molecule has 1 aliphatic heterocycles. The number of carboxylic acid groups (broad SMARTS) is 1. The number of rotatable bonds is 8. The standard InChI is InChI=1S/C25H30N2O4/c1-25(2,24(29)30)31-21-5-3-4-20(14-21)27-13-12-19(15-27)22(23(26)28)18-10-8-17(9-11-18)16-6-7-16/h3-5,8-11,14,16,19,22H,6-7,12-13,15H2,1-2H3,(H2,26,28)(H,29,30)/t19-,22-/m0/s1. The van der Waals surface area contributed by atoms with Crippen LogP contribution in [-0.4, -0.2) is 35.7 Å². The predicted molar refractivity (Wildman–Crippen MR) is 119 cm³/mol. The van der Waals surface area contributed by atoms with Gasteiger partial charge in [0.15, 0.2) is 5.60 Å². The second-order valence-corrected chi connectivity index (χ2v) is 9.23. The molecule has 31 heavy (non-hydrogen) atoms. The average molecular weight is 423 g/mol. The summed E-state index contributed by atoms with van der Waals surface area (Å²) in [5.41, 5.74) is 7.81. The molecule has 0 radical (unpaired) electrons. The summed E-state index contributed by atoms with van der Waals surface area (Å²) in [7, 11) is 0. The smallest absolute Gasteiger partial charge is 0.347 e. The van der Waals surface area contributed by atoms with Crippen LogP contribution in [0, 0.1) is 5.92 Å². The number of amides is 1. The highest BCUT2D eigenvalue weighted by Crippen LogP contribution is 2.41. The Balaban J connectivity index is 1.48. The fourth-order valence-corrected chi connectivity index (χ4v) is 4.44. The van der Waals surface area contributed by atoms with Gasteiger partial charge in [0.05, 0.1) is 5.92 Å². The quantitative estimate of drug-likeness (QED) is 0.673. The van der Waals surface area contributed by atoms with Gasteiger partial charge in [-0.2, -0.15) is 0 Å². The lowest BCUT2D eigenvalue weighted by atomic mass is 9.84. The number of hydrogen-bond acceptors (Lipinski definition) is 4. The second-order valence-electron chi connectivity index (χ2n) is 9.23. The third-order valence-corrected chi connectivity index (χ3v) is 6.42. The highest BCUT2D eigenvalue weighted by atomic mass is 16.5. The number of nitrogens with zero attached hydrogens (tertiary/aromatic N) is 1. The molecule has 1 saturated carbocycles. The Labute approximate surface area is 183 Å². The van der Waals surface area contributed by atoms with Gasteiger partial charge in [0.2, 0.25) is 5.91 Å². The van der Waals surface area contributed by atoms with Crippen molar-refractivity contribution in [2.24, 2.45) is 11.7 Å². The van der Waals surface area contributed by atoms with Gasteiger partial charge in [0, 0.05) is 24.8 Å². The number of anilines is 1. The third-order valence-electron chi connectivity index (χ3n) is 6.42. The summed E-state index contributed by atoms with van der Waals surface area (Å²) < 4.78 is 5.68. The lowest BCUT2D eigenvalue weighted by molar-refractivity contribution is -0.152. The van der Waals surface area contributed by atoms with Gasteiger partial charge in [-0.25, -0.2) is 4.79 Å². The third kappa shape index (κ3) is 4.68. The van der Waals surface area contributed by atoms with E-state index in [9.17, 15) is 14.7 Å². The van der Waals surface area contributed by atoms with Crippen molar-refractivity contribution < 1.29 is 19.4 Å². The minimum Gasteiger partial charge on any atom is -0.478 e. The van der Waals surface area contributed by atoms with E-state index in [0.29, 0.717) is 18.2 Å². The van der Waals surface area contributed by atoms with Crippen LogP contribution in [0.5, 0.6) is 5.75 Å². The molecule has 2 aromatic rings. The Morgan fingerprint density at radius 1 is 1.13 bits per heavy atom. The molecule has 2 aliphatic rings. The number of carboxylic acids is 1. The number of ether oxygens (including phenoxy) is 1. The van der Waals surface area contributed by atoms with Gasteiger partial charge < -0.3 is 20.5 Å². The van der Waals surface area contributed by atoms with E-state index in [1.54, 1.807) is 6.07 Å². The minimum atomic E-state index is -1.31. The molecule has 1 heterocycles. The van der Waals surface area contributed by atoms with Crippen LogP contribution in [0.15, 0.2) is 48.5 Å². The lowest BCUT2D eigenvalue weighted by Gasteiger charge is -2.25. The van der Waals surface area contributed by atoms with Crippen molar-refractivity contribution in [3.63, 3.8) is 0 Å². The van der Waals surface area contributed by atoms with Crippen molar-refractivity contribution in [2.75, 3.05) is 18.0 Å². The van der Waals surface area contributed by atoms with E-state index in [1.807, 2.05) is 18.2 Å². The molecule has 3 N–H and O–H groups in total. The van der Waals surface area contributed by atoms with E-state index in [2.05, 4.69) is 29.2 Å². The monoisotopic (exact) mass is 422 g/mol. The summed E-state index contributed by atoms with van der Waals surface area (Å²) in [6.07, 6.45) is 3.37. The Bertz CT molecular complexity index is 966. The van der Waals surface area contributed by atoms with Gasteiger partial charge in [-0.3, -0.25) is 4.79 Å². The molecule has 6 heteroatoms. The van der Waals surface area contributed by atoms with Gasteiger partial charge in [-0.1, -0.05) is 30.3 Å². The molecular weight excluding hydrogens is 392 g/mol. The van der Waals surface area contributed by atoms with E-state index in [0.717, 1.165) is 24.2 Å². The molecule has 4 rings (SSSR count). The van der Waals surface area contributed by atoms with Gasteiger partial charge >= 0.3 is 5.97 Å². The zero-order valence-electron chi connectivity index (χ0n) is 18.1. The van der Waals surface area contributed by atoms with E-state index in [-0.39, 0.29) is 17.7 Å². The van der Waals surface area contributed by atoms with Crippen molar-refractivity contribution in [3.05, 3.63) is 59.7 Å². The summed E-state index contributed by atoms with van der Waals surface area (Å²) >= 11 is 0. The first-order chi connectivity index (χ1) is 14.7. The van der Waals surface area contributed by atoms with Crippen molar-refractivity contribution in [1.29, 1.82) is 0 Å². The van der Waals surface area contributed by atoms with Crippen LogP contribution in [0.4, 0.5) is 5.69 Å². The average Bonchev–Trinajstić information content (AvgIpc) is 3.46. The Kier molecular flexibility index (Phi) is 5.65. The summed E-state index contributed by atoms with van der Waals surface area (Å²) in [5.74, 6) is -0.297. The van der Waals surface area contributed by atoms with Crippen LogP contribution >= 0.6 is 0 Å². The maximum absolute atomic E-state index is 12.4. The zero-order valence-corrected chi connectivity index (χ0v) is 18.1. The van der Waals surface area contributed by atoms with Crippen LogP contribution in [0.3, 0.4) is 0 Å². The number of hydrogen-bond donors (Lipinski definition) is 2. The van der Waals surface area contributed by atoms with Crippen LogP contribution in [0.1, 0.15) is 56.1 Å². The lowest BCUT2D eigenvalue weighted by Crippen LogP contribution is -2.37. The number of primary amides is 1. The molecule has 2 aromatic carbocycles. The molecule has 1 amide bonds. The van der Waals surface area contributed by atoms with Gasteiger partial charge in [0.25, 0.3) is 0 Å². The van der Waals surface area contributed by atoms with Crippen molar-refractivity contribution >= 4 is 17.6 Å². The van der Waals surface area contributed by atoms with Crippen LogP contribution in [-0.2, 0) is 9.59 Å². The molecule has 0 bridgehead atoms. The minimum absolute atomic E-state index is 0.129. The summed E-state index contributed by atoms with van der Waals surface area (Å²) in [4.78, 5) is 25.9. The number of benzene rings is 2. The topological polar surface area (TPSA) is 92.9 Å². The predicted octanol–water partition coefficient (Wildman–Crippen LogP) is 3.90.